The number of hydrogen-bond donors (Lipinski definition) is 0. The minimum atomic E-state index is 0. The van der Waals surface area contributed by atoms with Crippen molar-refractivity contribution in [3.05, 3.63) is 37.1 Å². The molecule has 6 heteroatoms. The second-order valence-corrected chi connectivity index (χ2v) is 0. The number of rotatable bonds is 0. The van der Waals surface area contributed by atoms with Gasteiger partial charge in [0.1, 0.15) is 0 Å². The van der Waals surface area contributed by atoms with E-state index in [4.69, 9.17) is 5.11 Å². The van der Waals surface area contributed by atoms with Crippen LogP contribution < -0.4 is 123 Å². The Kier molecular flexibility index (Phi) is 2300. The Morgan fingerprint density at radius 1 is 0.500 bits per heavy atom. The molecule has 0 unspecified atom stereocenters. The second kappa shape index (κ2) is 188. The maximum atomic E-state index is 8.25. The fourth-order valence-corrected chi connectivity index (χ4v) is 0. The van der Waals surface area contributed by atoms with Gasteiger partial charge in [-0.1, -0.05) is 0 Å². The number of hydrogen-bond acceptors (Lipinski definition) is 2. The average molecular weight is 215 g/mol. The second-order valence-electron chi connectivity index (χ2n) is 0. The minimum absolute atomic E-state index is 0. The molecule has 2 nitrogen and oxygen atoms in total. The first kappa shape index (κ1) is 146. The summed E-state index contributed by atoms with van der Waals surface area (Å²) in [5.41, 5.74) is 0. The van der Waals surface area contributed by atoms with E-state index in [0.29, 0.717) is 0 Å². The summed E-state index contributed by atoms with van der Waals surface area (Å²) in [7, 11) is 0.750. The fraction of sp³-hybridized carbons (Fsp3) is 0.167. The van der Waals surface area contributed by atoms with Crippen LogP contribution in [-0.4, -0.2) is 12.6 Å². The molecular weight excluding hydrogens is 196 g/mol. The maximum Gasteiger partial charge on any atom is 1.00 e. The summed E-state index contributed by atoms with van der Waals surface area (Å²) in [6.45, 7) is 0. The summed E-state index contributed by atoms with van der Waals surface area (Å²) in [6.07, 6.45) is 0. The third-order valence-corrected chi connectivity index (χ3v) is 0. The van der Waals surface area contributed by atoms with Crippen molar-refractivity contribution in [2.24, 2.45) is 0 Å². The van der Waals surface area contributed by atoms with Crippen LogP contribution >= 0.6 is 0 Å². The molecule has 1 N–H and O–H groups in total. The van der Waals surface area contributed by atoms with Gasteiger partial charge in [-0.2, -0.15) is 7.11 Å². The molecule has 0 aliphatic heterocycles. The average Bonchev–Trinajstić information content (AvgIpc) is 1.00. The Morgan fingerprint density at radius 3 is 0.500 bits per heavy atom. The van der Waals surface area contributed by atoms with Gasteiger partial charge in [-0.15, -0.1) is 0 Å². The summed E-state index contributed by atoms with van der Waals surface area (Å²) in [5.74, 6) is 0. The topological polar surface area (TPSA) is 53.1 Å². The van der Waals surface area contributed by atoms with E-state index in [1.807, 2.05) is 0 Å². The van der Waals surface area contributed by atoms with Crippen LogP contribution in [-0.2, 0) is 0 Å². The molecule has 0 rings (SSSR count). The van der Waals surface area contributed by atoms with E-state index in [0.717, 1.165) is 7.11 Å². The molecule has 0 aromatic heterocycles. The molecular formula is C6H19Na4O2-3. The fourth-order valence-electron chi connectivity index (χ4n) is 0. The Morgan fingerprint density at radius 2 is 0.500 bits per heavy atom. The predicted octanol–water partition coefficient (Wildman–Crippen LogP) is -10.9. The van der Waals surface area contributed by atoms with E-state index in [9.17, 15) is 0 Å². The molecule has 0 heterocycles. The van der Waals surface area contributed by atoms with Crippen molar-refractivity contribution < 1.29 is 129 Å². The van der Waals surface area contributed by atoms with Crippen LogP contribution in [0.5, 0.6) is 0 Å². The third kappa shape index (κ3) is 151. The first-order chi connectivity index (χ1) is 1.00. The molecule has 0 saturated carbocycles. The van der Waals surface area contributed by atoms with Gasteiger partial charge in [0.05, 0.1) is 0 Å². The van der Waals surface area contributed by atoms with Crippen molar-refractivity contribution in [2.75, 3.05) is 7.11 Å². The van der Waals surface area contributed by atoms with Crippen LogP contribution in [0, 0.1) is 37.1 Å². The zero-order valence-electron chi connectivity index (χ0n) is 10.9. The van der Waals surface area contributed by atoms with Crippen LogP contribution in [0.3, 0.4) is 0 Å². The van der Waals surface area contributed by atoms with Gasteiger partial charge in [-0.05, 0) is 0 Å². The van der Waals surface area contributed by atoms with Crippen molar-refractivity contribution in [1.29, 1.82) is 0 Å². The van der Waals surface area contributed by atoms with E-state index < -0.39 is 0 Å². The third-order valence-electron chi connectivity index (χ3n) is 0. The van der Waals surface area contributed by atoms with Gasteiger partial charge in [0.2, 0.25) is 0 Å². The van der Waals surface area contributed by atoms with Crippen molar-refractivity contribution in [3.63, 3.8) is 0 Å². The van der Waals surface area contributed by atoms with Crippen molar-refractivity contribution in [1.82, 2.24) is 0 Å². The standard InChI is InChI=1S/CH3O.5CH3.4Na.H2O/c1-2;;;;;;;;;;/h1H3;5*1H3;;;;;1H2/q6*-1;4*+1;/p-1. The van der Waals surface area contributed by atoms with E-state index >= 15 is 0 Å². The van der Waals surface area contributed by atoms with Crippen LogP contribution in [0.15, 0.2) is 0 Å². The van der Waals surface area contributed by atoms with Crippen molar-refractivity contribution >= 4 is 0 Å². The van der Waals surface area contributed by atoms with Crippen LogP contribution in [0.4, 0.5) is 0 Å². The predicted molar refractivity (Wildman–Crippen MR) is 39.9 cm³/mol. The summed E-state index contributed by atoms with van der Waals surface area (Å²) in [6, 6.07) is 0. The van der Waals surface area contributed by atoms with E-state index in [-0.39, 0.29) is 161 Å². The SMILES string of the molecule is C[O-].[CH3-].[CH3-].[CH3-].[CH3-].[CH3-].[Na+].[Na+].[Na+].[Na+].[OH-]. The van der Waals surface area contributed by atoms with Gasteiger partial charge < -0.3 is 47.7 Å². The van der Waals surface area contributed by atoms with Crippen molar-refractivity contribution in [2.45, 2.75) is 0 Å². The molecule has 62 valence electrons. The van der Waals surface area contributed by atoms with Crippen LogP contribution in [0.2, 0.25) is 0 Å². The first-order valence-electron chi connectivity index (χ1n) is 0.408. The maximum absolute atomic E-state index is 8.25. The zero-order chi connectivity index (χ0) is 2.00. The van der Waals surface area contributed by atoms with Gasteiger partial charge in [0.25, 0.3) is 0 Å². The van der Waals surface area contributed by atoms with Crippen molar-refractivity contribution in [3.8, 4) is 0 Å². The molecule has 0 aliphatic carbocycles. The quantitative estimate of drug-likeness (QED) is 0.297. The molecule has 0 atom stereocenters. The molecule has 0 aromatic rings. The molecule has 0 spiro atoms. The van der Waals surface area contributed by atoms with Gasteiger partial charge in [0, 0.05) is 0 Å². The Bertz CT molecular complexity index is 17.5. The molecule has 0 aliphatic rings. The molecule has 12 heavy (non-hydrogen) atoms. The normalized spacial score (nSPS) is 0.500. The molecule has 0 amide bonds. The summed E-state index contributed by atoms with van der Waals surface area (Å²) in [4.78, 5) is 0. The molecule has 0 fully saturated rings. The van der Waals surface area contributed by atoms with E-state index in [1.54, 1.807) is 0 Å². The largest absolute Gasteiger partial charge is 1.00 e. The zero-order valence-corrected chi connectivity index (χ0v) is 18.9. The molecule has 0 saturated heterocycles. The molecule has 0 radical (unpaired) electrons. The van der Waals surface area contributed by atoms with E-state index in [2.05, 4.69) is 0 Å². The summed E-state index contributed by atoms with van der Waals surface area (Å²) < 4.78 is 0. The smallest absolute Gasteiger partial charge is 0.870 e. The molecule has 0 aromatic carbocycles. The van der Waals surface area contributed by atoms with Gasteiger partial charge in [-0.25, -0.2) is 0 Å². The summed E-state index contributed by atoms with van der Waals surface area (Å²) >= 11 is 0. The van der Waals surface area contributed by atoms with Gasteiger partial charge in [-0.3, -0.25) is 0 Å². The Balaban J connectivity index is -0.000000000111. The van der Waals surface area contributed by atoms with Crippen LogP contribution in [0.25, 0.3) is 0 Å². The Hall–Kier alpha value is 3.92. The first-order valence-corrected chi connectivity index (χ1v) is 0.408. The Labute approximate surface area is 170 Å². The monoisotopic (exact) mass is 215 g/mol. The summed E-state index contributed by atoms with van der Waals surface area (Å²) in [5, 5.41) is 8.25. The van der Waals surface area contributed by atoms with Gasteiger partial charge >= 0.3 is 118 Å². The van der Waals surface area contributed by atoms with E-state index in [1.165, 1.54) is 0 Å². The van der Waals surface area contributed by atoms with Gasteiger partial charge in [0.15, 0.2) is 0 Å². The van der Waals surface area contributed by atoms with Crippen LogP contribution in [0.1, 0.15) is 0 Å². The molecule has 0 bridgehead atoms. The minimum Gasteiger partial charge on any atom is -0.870 e.